The first-order valence-electron chi connectivity index (χ1n) is 8.45. The van der Waals surface area contributed by atoms with Gasteiger partial charge < -0.3 is 15.2 Å². The molecule has 1 fully saturated rings. The van der Waals surface area contributed by atoms with E-state index in [2.05, 4.69) is 5.32 Å². The average molecular weight is 415 g/mol. The molecule has 3 rings (SSSR count). The van der Waals surface area contributed by atoms with Crippen LogP contribution in [0.25, 0.3) is 6.08 Å². The molecule has 2 aromatic carbocycles. The first-order valence-corrected chi connectivity index (χ1v) is 9.67. The zero-order valence-corrected chi connectivity index (χ0v) is 16.7. The smallest absolute Gasteiger partial charge is 0.266 e. The zero-order chi connectivity index (χ0) is 20.1. The minimum absolute atomic E-state index is 0.0103. The number of thiocarbonyl (C=S) groups is 1. The van der Waals surface area contributed by atoms with Crippen molar-refractivity contribution in [3.63, 3.8) is 0 Å². The molecule has 1 heterocycles. The fraction of sp³-hybridized carbons (Fsp3) is 0.150. The van der Waals surface area contributed by atoms with Crippen LogP contribution in [-0.2, 0) is 9.59 Å². The summed E-state index contributed by atoms with van der Waals surface area (Å²) in [5.41, 5.74) is 1.19. The molecule has 8 heteroatoms. The standard InChI is InChI=1S/C20H18N2O4S2/c1-26-14-8-6-13(7-9-14)12-17-19(25)22(20(27)28-17)11-10-18(24)21-15-4-2-3-5-16(15)23/h2-9,12,23H,10-11H2,1H3,(H,21,24)/b17-12-. The molecule has 0 bridgehead atoms. The number of rotatable bonds is 6. The van der Waals surface area contributed by atoms with Gasteiger partial charge in [0.15, 0.2) is 0 Å². The van der Waals surface area contributed by atoms with Crippen LogP contribution in [0, 0.1) is 0 Å². The van der Waals surface area contributed by atoms with Crippen molar-refractivity contribution >= 4 is 51.9 Å². The molecule has 2 aromatic rings. The van der Waals surface area contributed by atoms with Crippen molar-refractivity contribution in [2.45, 2.75) is 6.42 Å². The summed E-state index contributed by atoms with van der Waals surface area (Å²) in [5, 5.41) is 12.3. The number of anilines is 1. The normalized spacial score (nSPS) is 15.2. The molecule has 1 saturated heterocycles. The number of carbonyl (C=O) groups is 2. The van der Waals surface area contributed by atoms with Gasteiger partial charge in [0.2, 0.25) is 5.91 Å². The van der Waals surface area contributed by atoms with Gasteiger partial charge in [-0.3, -0.25) is 14.5 Å². The lowest BCUT2D eigenvalue weighted by Crippen LogP contribution is -2.31. The minimum atomic E-state index is -0.310. The van der Waals surface area contributed by atoms with Crippen LogP contribution in [-0.4, -0.2) is 39.8 Å². The van der Waals surface area contributed by atoms with Gasteiger partial charge in [-0.1, -0.05) is 48.2 Å². The number of hydrogen-bond acceptors (Lipinski definition) is 6. The molecule has 0 radical (unpaired) electrons. The number of ether oxygens (including phenoxy) is 1. The van der Waals surface area contributed by atoms with Gasteiger partial charge >= 0.3 is 0 Å². The first-order chi connectivity index (χ1) is 13.5. The minimum Gasteiger partial charge on any atom is -0.506 e. The van der Waals surface area contributed by atoms with Gasteiger partial charge in [0.1, 0.15) is 15.8 Å². The highest BCUT2D eigenvalue weighted by Gasteiger charge is 2.32. The maximum absolute atomic E-state index is 12.6. The van der Waals surface area contributed by atoms with Gasteiger partial charge in [-0.2, -0.15) is 0 Å². The van der Waals surface area contributed by atoms with E-state index in [9.17, 15) is 14.7 Å². The number of nitrogens with one attached hydrogen (secondary N) is 1. The zero-order valence-electron chi connectivity index (χ0n) is 15.0. The third-order valence-corrected chi connectivity index (χ3v) is 5.41. The number of nitrogens with zero attached hydrogens (tertiary/aromatic N) is 1. The molecule has 0 unspecified atom stereocenters. The second-order valence-corrected chi connectivity index (χ2v) is 7.60. The number of carbonyl (C=O) groups excluding carboxylic acids is 2. The van der Waals surface area contributed by atoms with Crippen molar-refractivity contribution in [2.75, 3.05) is 19.0 Å². The van der Waals surface area contributed by atoms with E-state index >= 15 is 0 Å². The number of thioether (sulfide) groups is 1. The molecule has 0 saturated carbocycles. The average Bonchev–Trinajstić information content (AvgIpc) is 2.95. The van der Waals surface area contributed by atoms with Crippen molar-refractivity contribution < 1.29 is 19.4 Å². The van der Waals surface area contributed by atoms with Gasteiger partial charge in [-0.05, 0) is 35.9 Å². The van der Waals surface area contributed by atoms with Gasteiger partial charge in [0.25, 0.3) is 5.91 Å². The summed E-state index contributed by atoms with van der Waals surface area (Å²) in [7, 11) is 1.59. The van der Waals surface area contributed by atoms with Crippen LogP contribution >= 0.6 is 24.0 Å². The Bertz CT molecular complexity index is 941. The van der Waals surface area contributed by atoms with Crippen LogP contribution in [0.4, 0.5) is 5.69 Å². The molecule has 1 aliphatic heterocycles. The highest BCUT2D eigenvalue weighted by Crippen LogP contribution is 2.33. The third kappa shape index (κ3) is 4.71. The molecule has 2 amide bonds. The van der Waals surface area contributed by atoms with Crippen molar-refractivity contribution in [1.29, 1.82) is 0 Å². The lowest BCUT2D eigenvalue weighted by atomic mass is 10.2. The van der Waals surface area contributed by atoms with Crippen LogP contribution in [0.5, 0.6) is 11.5 Å². The third-order valence-electron chi connectivity index (χ3n) is 4.03. The van der Waals surface area contributed by atoms with Gasteiger partial charge in [-0.15, -0.1) is 0 Å². The Morgan fingerprint density at radius 1 is 1.25 bits per heavy atom. The van der Waals surface area contributed by atoms with Crippen LogP contribution < -0.4 is 10.1 Å². The van der Waals surface area contributed by atoms with Crippen LogP contribution in [0.15, 0.2) is 53.4 Å². The molecule has 1 aliphatic rings. The SMILES string of the molecule is COc1ccc(/C=C2\SC(=S)N(CCC(=O)Nc3ccccc3O)C2=O)cc1. The number of amides is 2. The maximum atomic E-state index is 12.6. The highest BCUT2D eigenvalue weighted by molar-refractivity contribution is 8.26. The van der Waals surface area contributed by atoms with Crippen LogP contribution in [0.1, 0.15) is 12.0 Å². The van der Waals surface area contributed by atoms with Gasteiger partial charge in [0, 0.05) is 13.0 Å². The summed E-state index contributed by atoms with van der Waals surface area (Å²) < 4.78 is 5.54. The van der Waals surface area contributed by atoms with Crippen molar-refractivity contribution in [3.05, 3.63) is 59.0 Å². The Labute approximate surface area is 172 Å². The number of phenolic OH excluding ortho intramolecular Hbond substituents is 1. The molecular formula is C20H18N2O4S2. The van der Waals surface area contributed by atoms with E-state index in [0.29, 0.717) is 14.9 Å². The Balaban J connectivity index is 1.61. The van der Waals surface area contributed by atoms with Crippen molar-refractivity contribution in [3.8, 4) is 11.5 Å². The molecule has 144 valence electrons. The topological polar surface area (TPSA) is 78.9 Å². The summed E-state index contributed by atoms with van der Waals surface area (Å²) in [4.78, 5) is 26.7. The van der Waals surface area contributed by atoms with Crippen molar-refractivity contribution in [1.82, 2.24) is 4.90 Å². The largest absolute Gasteiger partial charge is 0.506 e. The lowest BCUT2D eigenvalue weighted by Gasteiger charge is -2.14. The summed E-state index contributed by atoms with van der Waals surface area (Å²) in [5.74, 6) is 0.194. The first kappa shape index (κ1) is 19.9. The lowest BCUT2D eigenvalue weighted by molar-refractivity contribution is -0.122. The Hall–Kier alpha value is -2.84. The Morgan fingerprint density at radius 2 is 1.96 bits per heavy atom. The summed E-state index contributed by atoms with van der Waals surface area (Å²) in [6.07, 6.45) is 1.83. The van der Waals surface area contributed by atoms with E-state index in [0.717, 1.165) is 11.3 Å². The molecular weight excluding hydrogens is 396 g/mol. The van der Waals surface area contributed by atoms with Gasteiger partial charge in [-0.25, -0.2) is 0 Å². The number of para-hydroxylation sites is 2. The Morgan fingerprint density at radius 3 is 2.64 bits per heavy atom. The molecule has 0 aromatic heterocycles. The van der Waals surface area contributed by atoms with E-state index < -0.39 is 0 Å². The molecule has 0 atom stereocenters. The predicted molar refractivity (Wildman–Crippen MR) is 114 cm³/mol. The summed E-state index contributed by atoms with van der Waals surface area (Å²) in [6.45, 7) is 0.171. The van der Waals surface area contributed by atoms with Crippen molar-refractivity contribution in [2.24, 2.45) is 0 Å². The number of aromatic hydroxyl groups is 1. The number of phenols is 1. The summed E-state index contributed by atoms with van der Waals surface area (Å²) >= 11 is 6.50. The number of hydrogen-bond donors (Lipinski definition) is 2. The molecule has 6 nitrogen and oxygen atoms in total. The molecule has 2 N–H and O–H groups in total. The second kappa shape index (κ2) is 8.90. The second-order valence-electron chi connectivity index (χ2n) is 5.92. The molecule has 0 spiro atoms. The fourth-order valence-corrected chi connectivity index (χ4v) is 3.86. The molecule has 28 heavy (non-hydrogen) atoms. The van der Waals surface area contributed by atoms with E-state index in [1.165, 1.54) is 22.7 Å². The van der Waals surface area contributed by atoms with Gasteiger partial charge in [0.05, 0.1) is 17.7 Å². The van der Waals surface area contributed by atoms with E-state index in [-0.39, 0.29) is 30.5 Å². The monoisotopic (exact) mass is 414 g/mol. The maximum Gasteiger partial charge on any atom is 0.266 e. The number of benzene rings is 2. The Kier molecular flexibility index (Phi) is 6.33. The summed E-state index contributed by atoms with van der Waals surface area (Å²) in [6, 6.07) is 13.8. The van der Waals surface area contributed by atoms with Crippen LogP contribution in [0.2, 0.25) is 0 Å². The fourth-order valence-electron chi connectivity index (χ4n) is 2.55. The van der Waals surface area contributed by atoms with Crippen LogP contribution in [0.3, 0.4) is 0 Å². The van der Waals surface area contributed by atoms with E-state index in [4.69, 9.17) is 17.0 Å². The molecule has 0 aliphatic carbocycles. The highest BCUT2D eigenvalue weighted by atomic mass is 32.2. The number of methoxy groups -OCH3 is 1. The quantitative estimate of drug-likeness (QED) is 0.427. The van der Waals surface area contributed by atoms with E-state index in [1.54, 1.807) is 31.4 Å². The predicted octanol–water partition coefficient (Wildman–Crippen LogP) is 3.63. The van der Waals surface area contributed by atoms with E-state index in [1.807, 2.05) is 24.3 Å².